The summed E-state index contributed by atoms with van der Waals surface area (Å²) in [7, 11) is -2.09. The number of nitrogens with zero attached hydrogens (tertiary/aromatic N) is 1. The van der Waals surface area contributed by atoms with E-state index in [4.69, 9.17) is 18.0 Å². The largest absolute Gasteiger partial charge is 0.389 e. The third-order valence-electron chi connectivity index (χ3n) is 2.94. The van der Waals surface area contributed by atoms with Crippen molar-refractivity contribution in [2.75, 3.05) is 11.4 Å². The maximum atomic E-state index is 12.6. The Labute approximate surface area is 141 Å². The molecule has 1 aromatic carbocycles. The molecule has 0 fully saturated rings. The normalized spacial score (nSPS) is 11.4. The van der Waals surface area contributed by atoms with Crippen LogP contribution in [-0.4, -0.2) is 20.5 Å². The number of rotatable bonds is 4. The van der Waals surface area contributed by atoms with E-state index in [0.29, 0.717) is 11.3 Å². The second kappa shape index (κ2) is 6.04. The molecule has 0 saturated carbocycles. The Morgan fingerprint density at radius 2 is 2.05 bits per heavy atom. The number of hydrogen-bond donors (Lipinski definition) is 1. The van der Waals surface area contributed by atoms with Crippen molar-refractivity contribution < 1.29 is 8.42 Å². The van der Waals surface area contributed by atoms with Crippen LogP contribution >= 0.6 is 39.5 Å². The molecule has 4 nitrogen and oxygen atoms in total. The molecule has 0 spiro atoms. The fourth-order valence-electron chi connectivity index (χ4n) is 1.69. The topological polar surface area (TPSA) is 63.4 Å². The maximum Gasteiger partial charge on any atom is 0.273 e. The van der Waals surface area contributed by atoms with Gasteiger partial charge in [0.2, 0.25) is 0 Å². The molecule has 1 aromatic heterocycles. The fraction of sp³-hybridized carbons (Fsp3) is 0.154. The second-order valence-electron chi connectivity index (χ2n) is 4.41. The van der Waals surface area contributed by atoms with Crippen molar-refractivity contribution in [3.8, 4) is 0 Å². The van der Waals surface area contributed by atoms with Gasteiger partial charge in [0, 0.05) is 12.6 Å². The standard InChI is InChI=1S/C13H13BrN2O2S3/c1-8-6-11(20-12(8)14)21(17,18)16(2)10-5-3-4-9(7-10)13(15)19/h3-7H,1-2H3,(H2,15,19). The van der Waals surface area contributed by atoms with Crippen LogP contribution in [0.25, 0.3) is 0 Å². The molecule has 0 aliphatic rings. The maximum absolute atomic E-state index is 12.6. The molecule has 1 heterocycles. The first-order chi connectivity index (χ1) is 9.73. The highest BCUT2D eigenvalue weighted by Gasteiger charge is 2.24. The van der Waals surface area contributed by atoms with Gasteiger partial charge in [-0.15, -0.1) is 11.3 Å². The minimum absolute atomic E-state index is 0.234. The lowest BCUT2D eigenvalue weighted by molar-refractivity contribution is 0.596. The van der Waals surface area contributed by atoms with Crippen molar-refractivity contribution in [2.24, 2.45) is 5.73 Å². The number of aryl methyl sites for hydroxylation is 1. The molecule has 0 aliphatic carbocycles. The van der Waals surface area contributed by atoms with Crippen molar-refractivity contribution in [1.82, 2.24) is 0 Å². The Kier molecular flexibility index (Phi) is 4.72. The molecule has 8 heteroatoms. The number of benzene rings is 1. The van der Waals surface area contributed by atoms with E-state index >= 15 is 0 Å². The Morgan fingerprint density at radius 1 is 1.38 bits per heavy atom. The molecular formula is C13H13BrN2O2S3. The lowest BCUT2D eigenvalue weighted by Crippen LogP contribution is -2.26. The average Bonchev–Trinajstić information content (AvgIpc) is 2.78. The molecule has 2 rings (SSSR count). The zero-order chi connectivity index (χ0) is 15.8. The molecule has 0 atom stereocenters. The van der Waals surface area contributed by atoms with E-state index in [2.05, 4.69) is 15.9 Å². The van der Waals surface area contributed by atoms with Crippen molar-refractivity contribution >= 4 is 60.2 Å². The van der Waals surface area contributed by atoms with E-state index < -0.39 is 10.0 Å². The van der Waals surface area contributed by atoms with Crippen LogP contribution in [0.5, 0.6) is 0 Å². The van der Waals surface area contributed by atoms with E-state index in [1.807, 2.05) is 6.92 Å². The summed E-state index contributed by atoms with van der Waals surface area (Å²) >= 11 is 9.46. The van der Waals surface area contributed by atoms with Gasteiger partial charge < -0.3 is 5.73 Å². The lowest BCUT2D eigenvalue weighted by Gasteiger charge is -2.19. The lowest BCUT2D eigenvalue weighted by atomic mass is 10.2. The summed E-state index contributed by atoms with van der Waals surface area (Å²) in [5.41, 5.74) is 7.63. The van der Waals surface area contributed by atoms with Crippen LogP contribution in [0.15, 0.2) is 38.3 Å². The van der Waals surface area contributed by atoms with Crippen LogP contribution in [0.4, 0.5) is 5.69 Å². The van der Waals surface area contributed by atoms with Gasteiger partial charge in [-0.1, -0.05) is 24.4 Å². The number of nitrogens with two attached hydrogens (primary N) is 1. The number of thiocarbonyl (C=S) groups is 1. The van der Waals surface area contributed by atoms with Gasteiger partial charge in [-0.2, -0.15) is 0 Å². The Balaban J connectivity index is 2.45. The summed E-state index contributed by atoms with van der Waals surface area (Å²) in [6.07, 6.45) is 0. The van der Waals surface area contributed by atoms with Crippen LogP contribution in [0.3, 0.4) is 0 Å². The predicted octanol–water partition coefficient (Wildman–Crippen LogP) is 3.28. The number of sulfonamides is 1. The van der Waals surface area contributed by atoms with Gasteiger partial charge in [0.15, 0.2) is 0 Å². The molecule has 0 bridgehead atoms. The first-order valence-electron chi connectivity index (χ1n) is 5.88. The third-order valence-corrected chi connectivity index (χ3v) is 7.55. The molecule has 0 aliphatic heterocycles. The Hall–Kier alpha value is -0.960. The molecular weight excluding hydrogens is 392 g/mol. The average molecular weight is 405 g/mol. The molecule has 112 valence electrons. The highest BCUT2D eigenvalue weighted by molar-refractivity contribution is 9.11. The fourth-order valence-corrected chi connectivity index (χ4v) is 5.40. The van der Waals surface area contributed by atoms with Crippen LogP contribution in [0.2, 0.25) is 0 Å². The molecule has 2 aromatic rings. The molecule has 0 amide bonds. The zero-order valence-corrected chi connectivity index (χ0v) is 15.4. The van der Waals surface area contributed by atoms with Crippen molar-refractivity contribution in [1.29, 1.82) is 0 Å². The Morgan fingerprint density at radius 3 is 2.57 bits per heavy atom. The molecule has 0 unspecified atom stereocenters. The SMILES string of the molecule is Cc1cc(S(=O)(=O)N(C)c2cccc(C(N)=S)c2)sc1Br. The second-order valence-corrected chi connectivity index (χ2v) is 9.42. The predicted molar refractivity (Wildman–Crippen MR) is 94.7 cm³/mol. The minimum Gasteiger partial charge on any atom is -0.389 e. The summed E-state index contributed by atoms with van der Waals surface area (Å²) in [4.78, 5) is 0.234. The summed E-state index contributed by atoms with van der Waals surface area (Å²) in [6, 6.07) is 8.49. The van der Waals surface area contributed by atoms with Crippen LogP contribution in [-0.2, 0) is 10.0 Å². The smallest absolute Gasteiger partial charge is 0.273 e. The van der Waals surface area contributed by atoms with Crippen LogP contribution in [0, 0.1) is 6.92 Å². The van der Waals surface area contributed by atoms with Gasteiger partial charge in [-0.05, 0) is 46.6 Å². The number of anilines is 1. The summed E-state index contributed by atoms with van der Waals surface area (Å²) in [5.74, 6) is 0. The van der Waals surface area contributed by atoms with Gasteiger partial charge in [-0.25, -0.2) is 8.42 Å². The van der Waals surface area contributed by atoms with E-state index in [-0.39, 0.29) is 9.20 Å². The van der Waals surface area contributed by atoms with Crippen LogP contribution < -0.4 is 10.0 Å². The first-order valence-corrected chi connectivity index (χ1v) is 9.34. The summed E-state index contributed by atoms with van der Waals surface area (Å²) < 4.78 is 27.6. The van der Waals surface area contributed by atoms with Crippen molar-refractivity contribution in [3.63, 3.8) is 0 Å². The van der Waals surface area contributed by atoms with Gasteiger partial charge in [-0.3, -0.25) is 4.31 Å². The molecule has 2 N–H and O–H groups in total. The van der Waals surface area contributed by atoms with Gasteiger partial charge in [0.1, 0.15) is 9.20 Å². The number of halogens is 1. The zero-order valence-electron chi connectivity index (χ0n) is 11.3. The van der Waals surface area contributed by atoms with Gasteiger partial charge >= 0.3 is 0 Å². The summed E-state index contributed by atoms with van der Waals surface area (Å²) in [6.45, 7) is 1.85. The highest BCUT2D eigenvalue weighted by Crippen LogP contribution is 2.33. The molecule has 0 radical (unpaired) electrons. The van der Waals surface area contributed by atoms with Gasteiger partial charge in [0.05, 0.1) is 9.47 Å². The minimum atomic E-state index is -3.60. The Bertz CT molecular complexity index is 780. The van der Waals surface area contributed by atoms with E-state index in [1.165, 1.54) is 22.7 Å². The van der Waals surface area contributed by atoms with Gasteiger partial charge in [0.25, 0.3) is 10.0 Å². The van der Waals surface area contributed by atoms with Crippen LogP contribution in [0.1, 0.15) is 11.1 Å². The molecule has 0 saturated heterocycles. The van der Waals surface area contributed by atoms with Crippen molar-refractivity contribution in [2.45, 2.75) is 11.1 Å². The van der Waals surface area contributed by atoms with E-state index in [9.17, 15) is 8.42 Å². The summed E-state index contributed by atoms with van der Waals surface area (Å²) in [5, 5.41) is 0. The van der Waals surface area contributed by atoms with Crippen molar-refractivity contribution in [3.05, 3.63) is 45.2 Å². The highest BCUT2D eigenvalue weighted by atomic mass is 79.9. The number of hydrogen-bond acceptors (Lipinski definition) is 4. The molecule has 21 heavy (non-hydrogen) atoms. The van der Waals surface area contributed by atoms with E-state index in [1.54, 1.807) is 30.3 Å². The number of thiophene rings is 1. The quantitative estimate of drug-likeness (QED) is 0.793. The first kappa shape index (κ1) is 16.4. The van der Waals surface area contributed by atoms with E-state index in [0.717, 1.165) is 9.35 Å². The third kappa shape index (κ3) is 3.28. The monoisotopic (exact) mass is 404 g/mol.